The highest BCUT2D eigenvalue weighted by atomic mass is 16.5. The van der Waals surface area contributed by atoms with Gasteiger partial charge in [-0.1, -0.05) is 54.9 Å². The molecule has 0 radical (unpaired) electrons. The summed E-state index contributed by atoms with van der Waals surface area (Å²) in [5, 5.41) is 0. The van der Waals surface area contributed by atoms with E-state index in [2.05, 4.69) is 65.0 Å². The van der Waals surface area contributed by atoms with Crippen LogP contribution >= 0.6 is 0 Å². The Hall–Kier alpha value is -1.57. The fourth-order valence-electron chi connectivity index (χ4n) is 2.98. The predicted molar refractivity (Wildman–Crippen MR) is 103 cm³/mol. The van der Waals surface area contributed by atoms with Gasteiger partial charge in [-0.2, -0.15) is 0 Å². The van der Waals surface area contributed by atoms with Gasteiger partial charge >= 0.3 is 5.97 Å². The van der Waals surface area contributed by atoms with Gasteiger partial charge in [-0.3, -0.25) is 4.79 Å². The van der Waals surface area contributed by atoms with E-state index >= 15 is 0 Å². The molecule has 2 atom stereocenters. The molecule has 0 aromatic carbocycles. The monoisotopic (exact) mass is 330 g/mol. The highest BCUT2D eigenvalue weighted by Gasteiger charge is 2.13. The molecule has 0 unspecified atom stereocenters. The third-order valence-electron chi connectivity index (χ3n) is 4.55. The van der Waals surface area contributed by atoms with Crippen molar-refractivity contribution in [2.24, 2.45) is 11.8 Å². The van der Waals surface area contributed by atoms with E-state index in [1.165, 1.54) is 23.6 Å². The second-order valence-corrected chi connectivity index (χ2v) is 7.41. The van der Waals surface area contributed by atoms with Gasteiger partial charge in [-0.05, 0) is 57.9 Å². The Kier molecular flexibility index (Phi) is 8.81. The first-order valence-corrected chi connectivity index (χ1v) is 9.13. The van der Waals surface area contributed by atoms with E-state index in [1.807, 2.05) is 0 Å². The van der Waals surface area contributed by atoms with E-state index in [4.69, 9.17) is 4.74 Å². The Morgan fingerprint density at radius 1 is 1.17 bits per heavy atom. The molecule has 24 heavy (non-hydrogen) atoms. The molecule has 0 fully saturated rings. The summed E-state index contributed by atoms with van der Waals surface area (Å²) >= 11 is 0. The summed E-state index contributed by atoms with van der Waals surface area (Å²) in [5.74, 6) is 0.988. The van der Waals surface area contributed by atoms with E-state index in [0.717, 1.165) is 25.7 Å². The smallest absolute Gasteiger partial charge is 0.303 e. The Labute approximate surface area is 148 Å². The number of rotatable bonds is 2. The second kappa shape index (κ2) is 10.3. The van der Waals surface area contributed by atoms with Crippen molar-refractivity contribution in [3.63, 3.8) is 0 Å². The third-order valence-corrected chi connectivity index (χ3v) is 4.55. The molecule has 2 nitrogen and oxygen atoms in total. The molecule has 0 spiro atoms. The first-order valence-electron chi connectivity index (χ1n) is 9.13. The van der Waals surface area contributed by atoms with Crippen LogP contribution in [0.2, 0.25) is 0 Å². The third kappa shape index (κ3) is 8.33. The number of carbonyl (C=O) groups is 1. The highest BCUT2D eigenvalue weighted by molar-refractivity contribution is 5.66. The molecule has 134 valence electrons. The molecule has 0 bridgehead atoms. The van der Waals surface area contributed by atoms with Gasteiger partial charge in [-0.25, -0.2) is 0 Å². The molecular weight excluding hydrogens is 296 g/mol. The standard InChI is InChI=1S/C22H34O2/c1-16(2)21-12-10-17(3)8-7-9-18(4)14-22(24-20(6)23)15-19(5)11-13-21/h8-10,12,15-16,21-22H,7,11,13-14H2,1-6H3/b12-10?,17-8+,18-9-,19-15+/t21-,22+/m0/s1. The van der Waals surface area contributed by atoms with Crippen LogP contribution in [0.4, 0.5) is 0 Å². The zero-order valence-corrected chi connectivity index (χ0v) is 16.3. The van der Waals surface area contributed by atoms with Gasteiger partial charge in [-0.15, -0.1) is 0 Å². The second-order valence-electron chi connectivity index (χ2n) is 7.41. The number of allylic oxidation sites excluding steroid dienone is 6. The lowest BCUT2D eigenvalue weighted by molar-refractivity contribution is -0.144. The van der Waals surface area contributed by atoms with Crippen LogP contribution in [-0.4, -0.2) is 12.1 Å². The minimum Gasteiger partial charge on any atom is -0.458 e. The van der Waals surface area contributed by atoms with Crippen molar-refractivity contribution < 1.29 is 9.53 Å². The molecule has 0 aromatic heterocycles. The van der Waals surface area contributed by atoms with E-state index in [-0.39, 0.29) is 12.1 Å². The molecule has 1 aliphatic rings. The Morgan fingerprint density at radius 3 is 2.50 bits per heavy atom. The molecule has 0 aromatic rings. The molecular formula is C22H34O2. The molecule has 2 heteroatoms. The lowest BCUT2D eigenvalue weighted by atomic mass is 9.88. The number of carbonyl (C=O) groups excluding carboxylic acids is 1. The zero-order valence-electron chi connectivity index (χ0n) is 16.3. The van der Waals surface area contributed by atoms with Crippen molar-refractivity contribution in [3.05, 3.63) is 47.1 Å². The quantitative estimate of drug-likeness (QED) is 0.448. The Balaban J connectivity index is 3.04. The molecule has 0 N–H and O–H groups in total. The van der Waals surface area contributed by atoms with Gasteiger partial charge in [0.05, 0.1) is 0 Å². The normalized spacial score (nSPS) is 30.4. The van der Waals surface area contributed by atoms with Crippen LogP contribution in [0.25, 0.3) is 0 Å². The molecule has 1 aliphatic carbocycles. The topological polar surface area (TPSA) is 26.3 Å². The number of hydrogen-bond donors (Lipinski definition) is 0. The SMILES string of the molecule is CC(=O)O[C@H]1/C=C(\C)CC[C@@H](C(C)C)C=C/C(C)=C/C/C=C(/C)C1. The fourth-order valence-corrected chi connectivity index (χ4v) is 2.98. The van der Waals surface area contributed by atoms with E-state index < -0.39 is 0 Å². The molecule has 0 amide bonds. The van der Waals surface area contributed by atoms with Crippen LogP contribution < -0.4 is 0 Å². The van der Waals surface area contributed by atoms with Gasteiger partial charge in [0, 0.05) is 13.3 Å². The van der Waals surface area contributed by atoms with Crippen LogP contribution in [-0.2, 0) is 9.53 Å². The van der Waals surface area contributed by atoms with Gasteiger partial charge in [0.2, 0.25) is 0 Å². The first kappa shape index (κ1) is 20.5. The molecule has 1 rings (SSSR count). The maximum atomic E-state index is 11.4. The summed E-state index contributed by atoms with van der Waals surface area (Å²) in [6, 6.07) is 0. The maximum Gasteiger partial charge on any atom is 0.303 e. The van der Waals surface area contributed by atoms with Crippen molar-refractivity contribution in [2.75, 3.05) is 0 Å². The Bertz CT molecular complexity index is 532. The van der Waals surface area contributed by atoms with Crippen molar-refractivity contribution in [1.29, 1.82) is 0 Å². The van der Waals surface area contributed by atoms with Crippen LogP contribution in [0.5, 0.6) is 0 Å². The maximum absolute atomic E-state index is 11.4. The van der Waals surface area contributed by atoms with Gasteiger partial charge in [0.25, 0.3) is 0 Å². The minimum atomic E-state index is -0.211. The summed E-state index contributed by atoms with van der Waals surface area (Å²) < 4.78 is 5.50. The number of ether oxygens (including phenoxy) is 1. The molecule has 0 saturated heterocycles. The summed E-state index contributed by atoms with van der Waals surface area (Å²) in [6.45, 7) is 12.5. The lowest BCUT2D eigenvalue weighted by Gasteiger charge is -2.19. The minimum absolute atomic E-state index is 0.153. The van der Waals surface area contributed by atoms with Gasteiger partial charge in [0.1, 0.15) is 6.10 Å². The van der Waals surface area contributed by atoms with Gasteiger partial charge < -0.3 is 4.74 Å². The average molecular weight is 331 g/mol. The zero-order chi connectivity index (χ0) is 18.1. The van der Waals surface area contributed by atoms with Crippen molar-refractivity contribution in [1.82, 2.24) is 0 Å². The van der Waals surface area contributed by atoms with Crippen molar-refractivity contribution >= 4 is 5.97 Å². The summed E-state index contributed by atoms with van der Waals surface area (Å²) in [7, 11) is 0. The van der Waals surface area contributed by atoms with Gasteiger partial charge in [0.15, 0.2) is 0 Å². The summed E-state index contributed by atoms with van der Waals surface area (Å²) in [6.07, 6.45) is 14.9. The highest BCUT2D eigenvalue weighted by Crippen LogP contribution is 2.23. The average Bonchev–Trinajstić information content (AvgIpc) is 2.45. The van der Waals surface area contributed by atoms with Crippen LogP contribution in [0.15, 0.2) is 47.1 Å². The van der Waals surface area contributed by atoms with Crippen molar-refractivity contribution in [2.45, 2.75) is 73.3 Å². The summed E-state index contributed by atoms with van der Waals surface area (Å²) in [5.41, 5.74) is 3.87. The first-order chi connectivity index (χ1) is 11.3. The predicted octanol–water partition coefficient (Wildman–Crippen LogP) is 6.16. The number of hydrogen-bond acceptors (Lipinski definition) is 2. The number of esters is 1. The summed E-state index contributed by atoms with van der Waals surface area (Å²) in [4.78, 5) is 11.4. The van der Waals surface area contributed by atoms with Crippen molar-refractivity contribution in [3.8, 4) is 0 Å². The molecule has 0 heterocycles. The van der Waals surface area contributed by atoms with E-state index in [1.54, 1.807) is 0 Å². The molecule has 0 aliphatic heterocycles. The van der Waals surface area contributed by atoms with Crippen LogP contribution in [0, 0.1) is 11.8 Å². The van der Waals surface area contributed by atoms with Crippen LogP contribution in [0.1, 0.15) is 67.2 Å². The molecule has 0 saturated carbocycles. The Morgan fingerprint density at radius 2 is 1.88 bits per heavy atom. The van der Waals surface area contributed by atoms with E-state index in [9.17, 15) is 4.79 Å². The lowest BCUT2D eigenvalue weighted by Crippen LogP contribution is -2.15. The van der Waals surface area contributed by atoms with E-state index in [0.29, 0.717) is 11.8 Å². The largest absolute Gasteiger partial charge is 0.458 e. The fraction of sp³-hybridized carbons (Fsp3) is 0.591. The van der Waals surface area contributed by atoms with Crippen LogP contribution in [0.3, 0.4) is 0 Å².